The highest BCUT2D eigenvalue weighted by Crippen LogP contribution is 2.36. The van der Waals surface area contributed by atoms with E-state index in [1.807, 2.05) is 0 Å². The molecule has 3 N–H and O–H groups in total. The predicted molar refractivity (Wildman–Crippen MR) is 82.9 cm³/mol. The van der Waals surface area contributed by atoms with Gasteiger partial charge in [-0.2, -0.15) is 13.2 Å². The smallest absolute Gasteiger partial charge is 0.349 e. The first kappa shape index (κ1) is 17.8. The molecule has 0 saturated heterocycles. The van der Waals surface area contributed by atoms with Crippen LogP contribution in [0.15, 0.2) is 24.3 Å². The lowest BCUT2D eigenvalue weighted by atomic mass is 9.91. The highest BCUT2D eigenvalue weighted by atomic mass is 19.4. The fraction of sp³-hybridized carbons (Fsp3) is 0.588. The van der Waals surface area contributed by atoms with E-state index in [-0.39, 0.29) is 23.4 Å². The molecule has 1 fully saturated rings. The van der Waals surface area contributed by atoms with E-state index in [9.17, 15) is 18.0 Å². The molecule has 1 aliphatic rings. The maximum atomic E-state index is 13.1. The summed E-state index contributed by atoms with van der Waals surface area (Å²) in [6.45, 7) is 2.01. The van der Waals surface area contributed by atoms with Crippen LogP contribution in [0.3, 0.4) is 0 Å². The lowest BCUT2D eigenvalue weighted by Gasteiger charge is -2.29. The molecule has 0 spiro atoms. The molecule has 1 aromatic rings. The summed E-state index contributed by atoms with van der Waals surface area (Å²) in [4.78, 5) is 12.3. The van der Waals surface area contributed by atoms with E-state index in [2.05, 4.69) is 5.32 Å². The average molecular weight is 328 g/mol. The molecule has 128 valence electrons. The minimum atomic E-state index is -4.41. The summed E-state index contributed by atoms with van der Waals surface area (Å²) in [6, 6.07) is 5.43. The molecule has 1 unspecified atom stereocenters. The average Bonchev–Trinajstić information content (AvgIpc) is 2.95. The van der Waals surface area contributed by atoms with Crippen molar-refractivity contribution in [3.8, 4) is 0 Å². The van der Waals surface area contributed by atoms with Gasteiger partial charge in [-0.15, -0.1) is 0 Å². The third-order valence-electron chi connectivity index (χ3n) is 4.64. The van der Waals surface area contributed by atoms with Crippen molar-refractivity contribution in [1.82, 2.24) is 5.32 Å². The van der Waals surface area contributed by atoms with E-state index in [0.717, 1.165) is 31.7 Å². The zero-order valence-corrected chi connectivity index (χ0v) is 13.2. The highest BCUT2D eigenvalue weighted by Gasteiger charge is 2.36. The molecule has 1 amide bonds. The fourth-order valence-corrected chi connectivity index (χ4v) is 3.35. The van der Waals surface area contributed by atoms with Crippen LogP contribution in [0.25, 0.3) is 0 Å². The molecule has 0 radical (unpaired) electrons. The molecule has 6 heteroatoms. The Morgan fingerprint density at radius 2 is 1.91 bits per heavy atom. The van der Waals surface area contributed by atoms with Crippen LogP contribution in [0.4, 0.5) is 13.2 Å². The van der Waals surface area contributed by atoms with E-state index in [4.69, 9.17) is 5.73 Å². The molecule has 1 saturated carbocycles. The fourth-order valence-electron chi connectivity index (χ4n) is 3.35. The number of halogens is 3. The molecule has 23 heavy (non-hydrogen) atoms. The van der Waals surface area contributed by atoms with Crippen LogP contribution in [0.2, 0.25) is 0 Å². The van der Waals surface area contributed by atoms with Gasteiger partial charge < -0.3 is 11.1 Å². The number of carbonyl (C=O) groups is 1. The molecule has 0 aliphatic heterocycles. The van der Waals surface area contributed by atoms with Gasteiger partial charge in [0.05, 0.1) is 11.1 Å². The minimum absolute atomic E-state index is 0.0227. The van der Waals surface area contributed by atoms with Crippen LogP contribution < -0.4 is 11.1 Å². The standard InChI is InChI=1S/C17H23F3N2O/c1-12(13-6-2-3-7-14(13)17(18,19)20)10-15(23)22-16(11-21)8-4-5-9-16/h2-3,6-7,12H,4-5,8-11,21H2,1H3,(H,22,23). The number of amides is 1. The van der Waals surface area contributed by atoms with Gasteiger partial charge in [0.2, 0.25) is 5.91 Å². The molecule has 2 rings (SSSR count). The maximum absolute atomic E-state index is 13.1. The van der Waals surface area contributed by atoms with Crippen molar-refractivity contribution in [3.05, 3.63) is 35.4 Å². The lowest BCUT2D eigenvalue weighted by Crippen LogP contribution is -2.51. The zero-order valence-electron chi connectivity index (χ0n) is 13.2. The van der Waals surface area contributed by atoms with Crippen molar-refractivity contribution in [3.63, 3.8) is 0 Å². The summed E-state index contributed by atoms with van der Waals surface area (Å²) in [5.74, 6) is -0.745. The van der Waals surface area contributed by atoms with Crippen LogP contribution in [0, 0.1) is 0 Å². The summed E-state index contributed by atoms with van der Waals surface area (Å²) in [6.07, 6.45) is -0.681. The quantitative estimate of drug-likeness (QED) is 0.868. The van der Waals surface area contributed by atoms with Gasteiger partial charge in [0.15, 0.2) is 0 Å². The number of rotatable bonds is 5. The Labute approximate surface area is 134 Å². The van der Waals surface area contributed by atoms with Gasteiger partial charge in [0.25, 0.3) is 0 Å². The molecule has 0 bridgehead atoms. The van der Waals surface area contributed by atoms with Crippen LogP contribution in [0.1, 0.15) is 56.1 Å². The largest absolute Gasteiger partial charge is 0.416 e. The van der Waals surface area contributed by atoms with Gasteiger partial charge in [-0.3, -0.25) is 4.79 Å². The second-order valence-electron chi connectivity index (χ2n) is 6.43. The summed E-state index contributed by atoms with van der Waals surface area (Å²) in [5.41, 5.74) is 4.89. The Morgan fingerprint density at radius 1 is 1.30 bits per heavy atom. The molecule has 1 atom stereocenters. The molecular formula is C17H23F3N2O. The number of alkyl halides is 3. The van der Waals surface area contributed by atoms with Gasteiger partial charge in [-0.05, 0) is 30.4 Å². The Hall–Kier alpha value is -1.56. The van der Waals surface area contributed by atoms with Gasteiger partial charge >= 0.3 is 6.18 Å². The highest BCUT2D eigenvalue weighted by molar-refractivity contribution is 5.78. The number of benzene rings is 1. The van der Waals surface area contributed by atoms with Crippen LogP contribution >= 0.6 is 0 Å². The first-order chi connectivity index (χ1) is 10.8. The van der Waals surface area contributed by atoms with E-state index in [0.29, 0.717) is 6.54 Å². The molecule has 0 aromatic heterocycles. The normalized spacial score (nSPS) is 18.7. The summed E-state index contributed by atoms with van der Waals surface area (Å²) in [5, 5.41) is 2.96. The lowest BCUT2D eigenvalue weighted by molar-refractivity contribution is -0.138. The topological polar surface area (TPSA) is 55.1 Å². The van der Waals surface area contributed by atoms with Gasteiger partial charge in [-0.1, -0.05) is 38.0 Å². The van der Waals surface area contributed by atoms with Crippen LogP contribution in [-0.4, -0.2) is 18.0 Å². The van der Waals surface area contributed by atoms with Crippen LogP contribution in [0.5, 0.6) is 0 Å². The van der Waals surface area contributed by atoms with Crippen molar-refractivity contribution in [2.45, 2.75) is 56.7 Å². The Morgan fingerprint density at radius 3 is 2.48 bits per heavy atom. The SMILES string of the molecule is CC(CC(=O)NC1(CN)CCCC1)c1ccccc1C(F)(F)F. The number of nitrogens with one attached hydrogen (secondary N) is 1. The number of nitrogens with two attached hydrogens (primary N) is 1. The number of hydrogen-bond acceptors (Lipinski definition) is 2. The molecule has 1 aliphatic carbocycles. The molecular weight excluding hydrogens is 305 g/mol. The zero-order chi connectivity index (χ0) is 17.1. The van der Waals surface area contributed by atoms with Crippen LogP contribution in [-0.2, 0) is 11.0 Å². The van der Waals surface area contributed by atoms with Crippen molar-refractivity contribution >= 4 is 5.91 Å². The van der Waals surface area contributed by atoms with Gasteiger partial charge in [0.1, 0.15) is 0 Å². The third-order valence-corrected chi connectivity index (χ3v) is 4.64. The van der Waals surface area contributed by atoms with Crippen molar-refractivity contribution < 1.29 is 18.0 Å². The van der Waals surface area contributed by atoms with E-state index >= 15 is 0 Å². The maximum Gasteiger partial charge on any atom is 0.416 e. The van der Waals surface area contributed by atoms with E-state index in [1.165, 1.54) is 12.1 Å². The first-order valence-corrected chi connectivity index (χ1v) is 7.95. The number of carbonyl (C=O) groups excluding carboxylic acids is 1. The summed E-state index contributed by atoms with van der Waals surface area (Å²) >= 11 is 0. The van der Waals surface area contributed by atoms with Gasteiger partial charge in [-0.25, -0.2) is 0 Å². The monoisotopic (exact) mass is 328 g/mol. The molecule has 0 heterocycles. The van der Waals surface area contributed by atoms with Crippen molar-refractivity contribution in [2.75, 3.05) is 6.54 Å². The minimum Gasteiger partial charge on any atom is -0.349 e. The molecule has 3 nitrogen and oxygen atoms in total. The van der Waals surface area contributed by atoms with Crippen molar-refractivity contribution in [2.24, 2.45) is 5.73 Å². The molecule has 1 aromatic carbocycles. The Bertz CT molecular complexity index is 551. The van der Waals surface area contributed by atoms with E-state index < -0.39 is 17.7 Å². The summed E-state index contributed by atoms with van der Waals surface area (Å²) in [7, 11) is 0. The Kier molecular flexibility index (Phi) is 5.34. The van der Waals surface area contributed by atoms with Crippen molar-refractivity contribution in [1.29, 1.82) is 0 Å². The second kappa shape index (κ2) is 6.91. The Balaban J connectivity index is 2.07. The number of hydrogen-bond donors (Lipinski definition) is 2. The second-order valence-corrected chi connectivity index (χ2v) is 6.43. The predicted octanol–water partition coefficient (Wildman–Crippen LogP) is 3.59. The van der Waals surface area contributed by atoms with E-state index in [1.54, 1.807) is 13.0 Å². The third kappa shape index (κ3) is 4.25. The first-order valence-electron chi connectivity index (χ1n) is 7.95. The van der Waals surface area contributed by atoms with Gasteiger partial charge in [0, 0.05) is 13.0 Å². The summed E-state index contributed by atoms with van der Waals surface area (Å²) < 4.78 is 39.2.